The third-order valence-electron chi connectivity index (χ3n) is 5.54. The van der Waals surface area contributed by atoms with Crippen LogP contribution in [0.25, 0.3) is 5.57 Å². The zero-order chi connectivity index (χ0) is 19.1. The van der Waals surface area contributed by atoms with Crippen molar-refractivity contribution in [2.75, 3.05) is 13.2 Å². The first-order valence-electron chi connectivity index (χ1n) is 9.33. The van der Waals surface area contributed by atoms with Crippen LogP contribution in [0.1, 0.15) is 52.1 Å². The molecule has 0 radical (unpaired) electrons. The second-order valence-electron chi connectivity index (χ2n) is 7.31. The molecule has 4 rings (SSSR count). The van der Waals surface area contributed by atoms with Gasteiger partial charge in [0.05, 0.1) is 11.5 Å². The van der Waals surface area contributed by atoms with E-state index >= 15 is 0 Å². The number of rotatable bonds is 4. The lowest BCUT2D eigenvalue weighted by Gasteiger charge is -2.23. The summed E-state index contributed by atoms with van der Waals surface area (Å²) in [5.41, 5.74) is 11.2. The molecule has 1 aromatic heterocycles. The maximum atomic E-state index is 13.0. The Bertz CT molecular complexity index is 844. The minimum atomic E-state index is -0.249. The van der Waals surface area contributed by atoms with E-state index in [2.05, 4.69) is 4.98 Å². The topological polar surface area (TPSA) is 68.4 Å². The highest BCUT2D eigenvalue weighted by Crippen LogP contribution is 2.39. The molecule has 1 fully saturated rings. The number of fused-ring (bicyclic) bond motifs is 1. The molecule has 2 N–H and O–H groups in total. The van der Waals surface area contributed by atoms with Crippen molar-refractivity contribution in [1.29, 1.82) is 0 Å². The van der Waals surface area contributed by atoms with Crippen molar-refractivity contribution in [2.24, 2.45) is 5.73 Å². The SMILES string of the molecule is Cc1nc2c(c(C3=CC=C(Cl)CC3Cl)c1CN)CN(C[C@@H]1CCCO1)C2=O. The van der Waals surface area contributed by atoms with E-state index in [1.54, 1.807) is 0 Å². The van der Waals surface area contributed by atoms with Crippen molar-refractivity contribution >= 4 is 34.7 Å². The van der Waals surface area contributed by atoms with Gasteiger partial charge in [0, 0.05) is 49.0 Å². The molecule has 1 aliphatic carbocycles. The number of pyridine rings is 1. The number of halogens is 2. The number of ether oxygens (including phenoxy) is 1. The van der Waals surface area contributed by atoms with Gasteiger partial charge in [0.1, 0.15) is 5.69 Å². The van der Waals surface area contributed by atoms with Gasteiger partial charge in [-0.15, -0.1) is 11.6 Å². The number of nitrogens with zero attached hydrogens (tertiary/aromatic N) is 2. The fraction of sp³-hybridized carbons (Fsp3) is 0.500. The number of alkyl halides is 1. The van der Waals surface area contributed by atoms with Crippen LogP contribution in [-0.4, -0.2) is 40.4 Å². The smallest absolute Gasteiger partial charge is 0.273 e. The van der Waals surface area contributed by atoms with Gasteiger partial charge < -0.3 is 15.4 Å². The monoisotopic (exact) mass is 407 g/mol. The lowest BCUT2D eigenvalue weighted by Crippen LogP contribution is -2.32. The van der Waals surface area contributed by atoms with Gasteiger partial charge in [-0.25, -0.2) is 4.98 Å². The number of aryl methyl sites for hydroxylation is 1. The molecule has 0 aromatic carbocycles. The number of hydrogen-bond acceptors (Lipinski definition) is 4. The van der Waals surface area contributed by atoms with Crippen LogP contribution in [0.5, 0.6) is 0 Å². The Morgan fingerprint density at radius 3 is 2.89 bits per heavy atom. The van der Waals surface area contributed by atoms with Crippen LogP contribution < -0.4 is 5.73 Å². The molecule has 5 nitrogen and oxygen atoms in total. The molecule has 7 heteroatoms. The summed E-state index contributed by atoms with van der Waals surface area (Å²) < 4.78 is 5.72. The summed E-state index contributed by atoms with van der Waals surface area (Å²) in [7, 11) is 0. The Morgan fingerprint density at radius 2 is 2.22 bits per heavy atom. The van der Waals surface area contributed by atoms with E-state index in [0.717, 1.165) is 52.4 Å². The zero-order valence-electron chi connectivity index (χ0n) is 15.3. The maximum Gasteiger partial charge on any atom is 0.273 e. The van der Waals surface area contributed by atoms with Crippen molar-refractivity contribution in [3.05, 3.63) is 45.3 Å². The van der Waals surface area contributed by atoms with Gasteiger partial charge in [-0.1, -0.05) is 17.7 Å². The standard InChI is InChI=1S/C20H23Cl2N3O2/c1-11-15(8-23)18(14-5-4-12(21)7-17(14)22)16-10-25(20(26)19(16)24-11)9-13-3-2-6-27-13/h4-5,13,17H,2-3,6-10,23H2,1H3/t13-,17?/m0/s1. The third kappa shape index (κ3) is 3.42. The fourth-order valence-electron chi connectivity index (χ4n) is 4.18. The van der Waals surface area contributed by atoms with Crippen LogP contribution in [0, 0.1) is 6.92 Å². The molecule has 2 atom stereocenters. The second kappa shape index (κ2) is 7.55. The molecule has 1 amide bonds. The Balaban J connectivity index is 1.77. The molecule has 3 aliphatic rings. The van der Waals surface area contributed by atoms with Crippen LogP contribution in [0.15, 0.2) is 17.2 Å². The minimum absolute atomic E-state index is 0.0375. The summed E-state index contributed by atoms with van der Waals surface area (Å²) in [5, 5.41) is 0.479. The zero-order valence-corrected chi connectivity index (χ0v) is 16.8. The maximum absolute atomic E-state index is 13.0. The molecule has 0 spiro atoms. The molecule has 144 valence electrons. The first kappa shape index (κ1) is 18.9. The largest absolute Gasteiger partial charge is 0.376 e. The number of carbonyl (C=O) groups is 1. The first-order valence-corrected chi connectivity index (χ1v) is 10.1. The molecule has 3 heterocycles. The lowest BCUT2D eigenvalue weighted by molar-refractivity contribution is 0.0542. The van der Waals surface area contributed by atoms with Gasteiger partial charge in [-0.2, -0.15) is 0 Å². The van der Waals surface area contributed by atoms with Gasteiger partial charge in [0.25, 0.3) is 5.91 Å². The first-order chi connectivity index (χ1) is 13.0. The molecule has 0 bridgehead atoms. The summed E-state index contributed by atoms with van der Waals surface area (Å²) in [6.07, 6.45) is 6.55. The van der Waals surface area contributed by atoms with Crippen molar-refractivity contribution < 1.29 is 9.53 Å². The van der Waals surface area contributed by atoms with Crippen LogP contribution in [0.2, 0.25) is 0 Å². The van der Waals surface area contributed by atoms with Gasteiger partial charge in [0.15, 0.2) is 0 Å². The van der Waals surface area contributed by atoms with Crippen LogP contribution in [0.4, 0.5) is 0 Å². The third-order valence-corrected chi connectivity index (χ3v) is 6.21. The number of hydrogen-bond donors (Lipinski definition) is 1. The van der Waals surface area contributed by atoms with E-state index in [4.69, 9.17) is 33.7 Å². The Hall–Kier alpha value is -1.40. The van der Waals surface area contributed by atoms with E-state index in [1.165, 1.54) is 0 Å². The van der Waals surface area contributed by atoms with Crippen molar-refractivity contribution in [1.82, 2.24) is 9.88 Å². The Labute approximate surface area is 169 Å². The Morgan fingerprint density at radius 1 is 1.41 bits per heavy atom. The fourth-order valence-corrected chi connectivity index (χ4v) is 4.83. The van der Waals surface area contributed by atoms with Crippen molar-refractivity contribution in [2.45, 2.75) is 50.8 Å². The molecule has 1 aromatic rings. The average molecular weight is 408 g/mol. The lowest BCUT2D eigenvalue weighted by atomic mass is 9.88. The van der Waals surface area contributed by atoms with Crippen molar-refractivity contribution in [3.63, 3.8) is 0 Å². The number of amides is 1. The highest BCUT2D eigenvalue weighted by Gasteiger charge is 2.36. The summed E-state index contributed by atoms with van der Waals surface area (Å²) in [5.74, 6) is -0.0375. The Kier molecular flexibility index (Phi) is 5.30. The highest BCUT2D eigenvalue weighted by atomic mass is 35.5. The number of allylic oxidation sites excluding steroid dienone is 4. The summed E-state index contributed by atoms with van der Waals surface area (Å²) in [4.78, 5) is 19.4. The van der Waals surface area contributed by atoms with E-state index in [9.17, 15) is 4.79 Å². The van der Waals surface area contributed by atoms with E-state index < -0.39 is 0 Å². The van der Waals surface area contributed by atoms with Crippen molar-refractivity contribution in [3.8, 4) is 0 Å². The highest BCUT2D eigenvalue weighted by molar-refractivity contribution is 6.33. The van der Waals surface area contributed by atoms with Gasteiger partial charge >= 0.3 is 0 Å². The summed E-state index contributed by atoms with van der Waals surface area (Å²) in [6.45, 7) is 4.13. The van der Waals surface area contributed by atoms with Crippen LogP contribution >= 0.6 is 23.2 Å². The molecule has 27 heavy (non-hydrogen) atoms. The number of nitrogens with two attached hydrogens (primary N) is 1. The second-order valence-corrected chi connectivity index (χ2v) is 8.32. The molecular formula is C20H23Cl2N3O2. The average Bonchev–Trinajstić information content (AvgIpc) is 3.24. The number of carbonyl (C=O) groups excluding carboxylic acids is 1. The molecule has 2 aliphatic heterocycles. The molecular weight excluding hydrogens is 385 g/mol. The molecule has 1 saturated heterocycles. The number of aromatic nitrogens is 1. The minimum Gasteiger partial charge on any atom is -0.376 e. The quantitative estimate of drug-likeness (QED) is 0.775. The summed E-state index contributed by atoms with van der Waals surface area (Å²) in [6, 6.07) is 0. The molecule has 1 unspecified atom stereocenters. The van der Waals surface area contributed by atoms with Gasteiger partial charge in [-0.05, 0) is 42.5 Å². The predicted molar refractivity (Wildman–Crippen MR) is 107 cm³/mol. The molecule has 0 saturated carbocycles. The predicted octanol–water partition coefficient (Wildman–Crippen LogP) is 3.50. The van der Waals surface area contributed by atoms with Crippen LogP contribution in [-0.2, 0) is 17.8 Å². The van der Waals surface area contributed by atoms with E-state index in [0.29, 0.717) is 31.7 Å². The normalized spacial score (nSPS) is 24.9. The van der Waals surface area contributed by atoms with Crippen LogP contribution in [0.3, 0.4) is 0 Å². The van der Waals surface area contributed by atoms with E-state index in [-0.39, 0.29) is 17.4 Å². The van der Waals surface area contributed by atoms with Gasteiger partial charge in [-0.3, -0.25) is 4.79 Å². The van der Waals surface area contributed by atoms with Gasteiger partial charge in [0.2, 0.25) is 0 Å². The summed E-state index contributed by atoms with van der Waals surface area (Å²) >= 11 is 12.8. The van der Waals surface area contributed by atoms with E-state index in [1.807, 2.05) is 24.0 Å².